The third-order valence-corrected chi connectivity index (χ3v) is 3.41. The van der Waals surface area contributed by atoms with E-state index < -0.39 is 11.8 Å². The summed E-state index contributed by atoms with van der Waals surface area (Å²) in [6.07, 6.45) is 0. The summed E-state index contributed by atoms with van der Waals surface area (Å²) >= 11 is 0. The Hall–Kier alpha value is -2.62. The molecule has 2 aromatic rings. The molecule has 2 rings (SSSR count). The number of anilines is 1. The van der Waals surface area contributed by atoms with Crippen LogP contribution in [0.4, 0.5) is 5.69 Å². The average Bonchev–Trinajstić information content (AvgIpc) is 2.49. The van der Waals surface area contributed by atoms with Gasteiger partial charge in [-0.05, 0) is 38.0 Å². The third-order valence-electron chi connectivity index (χ3n) is 3.41. The van der Waals surface area contributed by atoms with E-state index in [0.717, 1.165) is 22.3 Å². The van der Waals surface area contributed by atoms with E-state index in [1.165, 1.54) is 0 Å². The highest BCUT2D eigenvalue weighted by molar-refractivity contribution is 6.39. The van der Waals surface area contributed by atoms with Gasteiger partial charge in [0, 0.05) is 12.2 Å². The lowest BCUT2D eigenvalue weighted by Crippen LogP contribution is -2.35. The molecule has 0 spiro atoms. The molecule has 0 bridgehead atoms. The molecule has 114 valence electrons. The Kier molecular flexibility index (Phi) is 4.94. The van der Waals surface area contributed by atoms with Crippen LogP contribution in [0.1, 0.15) is 22.3 Å². The minimum absolute atomic E-state index is 0.333. The maximum absolute atomic E-state index is 11.9. The Morgan fingerprint density at radius 2 is 1.50 bits per heavy atom. The summed E-state index contributed by atoms with van der Waals surface area (Å²) in [4.78, 5) is 23.7. The van der Waals surface area contributed by atoms with Gasteiger partial charge in [-0.2, -0.15) is 0 Å². The number of amides is 2. The van der Waals surface area contributed by atoms with Crippen molar-refractivity contribution in [3.8, 4) is 0 Å². The van der Waals surface area contributed by atoms with E-state index >= 15 is 0 Å². The molecule has 0 fully saturated rings. The lowest BCUT2D eigenvalue weighted by molar-refractivity contribution is -0.136. The number of carbonyl (C=O) groups is 2. The fourth-order valence-electron chi connectivity index (χ4n) is 2.10. The van der Waals surface area contributed by atoms with Gasteiger partial charge in [-0.15, -0.1) is 0 Å². The predicted molar refractivity (Wildman–Crippen MR) is 87.6 cm³/mol. The monoisotopic (exact) mass is 296 g/mol. The third kappa shape index (κ3) is 4.19. The van der Waals surface area contributed by atoms with Crippen LogP contribution in [0, 0.1) is 20.8 Å². The highest BCUT2D eigenvalue weighted by Crippen LogP contribution is 2.15. The van der Waals surface area contributed by atoms with Gasteiger partial charge in [0.05, 0.1) is 0 Å². The molecular formula is C18H20N2O2. The fourth-order valence-corrected chi connectivity index (χ4v) is 2.10. The van der Waals surface area contributed by atoms with Crippen LogP contribution in [0.15, 0.2) is 42.5 Å². The maximum atomic E-state index is 11.9. The van der Waals surface area contributed by atoms with Crippen molar-refractivity contribution in [1.29, 1.82) is 0 Å². The maximum Gasteiger partial charge on any atom is 0.313 e. The van der Waals surface area contributed by atoms with Crippen LogP contribution in [0.2, 0.25) is 0 Å². The first-order valence-corrected chi connectivity index (χ1v) is 7.17. The highest BCUT2D eigenvalue weighted by atomic mass is 16.2. The van der Waals surface area contributed by atoms with Crippen molar-refractivity contribution in [2.75, 3.05) is 5.32 Å². The zero-order valence-corrected chi connectivity index (χ0v) is 13.1. The van der Waals surface area contributed by atoms with E-state index in [2.05, 4.69) is 10.6 Å². The minimum Gasteiger partial charge on any atom is -0.344 e. The summed E-state index contributed by atoms with van der Waals surface area (Å²) in [5, 5.41) is 5.25. The fraction of sp³-hybridized carbons (Fsp3) is 0.222. The smallest absolute Gasteiger partial charge is 0.313 e. The van der Waals surface area contributed by atoms with Gasteiger partial charge < -0.3 is 10.6 Å². The van der Waals surface area contributed by atoms with Crippen LogP contribution >= 0.6 is 0 Å². The predicted octanol–water partition coefficient (Wildman–Crippen LogP) is 2.87. The van der Waals surface area contributed by atoms with Crippen LogP contribution in [0.3, 0.4) is 0 Å². The van der Waals surface area contributed by atoms with Gasteiger partial charge in [0.2, 0.25) is 0 Å². The Balaban J connectivity index is 1.92. The van der Waals surface area contributed by atoms with Gasteiger partial charge >= 0.3 is 11.8 Å². The standard InChI is InChI=1S/C18H20N2O2/c1-12-4-7-15(8-5-12)11-19-17(21)18(22)20-16-9-6-13(2)10-14(16)3/h4-10H,11H2,1-3H3,(H,19,21)(H,20,22). The largest absolute Gasteiger partial charge is 0.344 e. The number of hydrogen-bond donors (Lipinski definition) is 2. The van der Waals surface area contributed by atoms with E-state index in [-0.39, 0.29) is 0 Å². The van der Waals surface area contributed by atoms with E-state index in [1.54, 1.807) is 6.07 Å². The number of rotatable bonds is 3. The molecule has 0 heterocycles. The molecule has 0 aliphatic heterocycles. The molecule has 0 aromatic heterocycles. The number of nitrogens with one attached hydrogen (secondary N) is 2. The zero-order valence-electron chi connectivity index (χ0n) is 13.1. The number of aryl methyl sites for hydroxylation is 3. The first-order chi connectivity index (χ1) is 10.5. The average molecular weight is 296 g/mol. The molecule has 4 heteroatoms. The minimum atomic E-state index is -0.654. The molecule has 4 nitrogen and oxygen atoms in total. The van der Waals surface area contributed by atoms with Crippen LogP contribution in [-0.4, -0.2) is 11.8 Å². The summed E-state index contributed by atoms with van der Waals surface area (Å²) in [6, 6.07) is 13.5. The second-order valence-electron chi connectivity index (χ2n) is 5.44. The number of hydrogen-bond acceptors (Lipinski definition) is 2. The normalized spacial score (nSPS) is 10.1. The Morgan fingerprint density at radius 3 is 2.14 bits per heavy atom. The molecule has 0 aliphatic carbocycles. The topological polar surface area (TPSA) is 58.2 Å². The zero-order chi connectivity index (χ0) is 16.1. The van der Waals surface area contributed by atoms with Crippen molar-refractivity contribution < 1.29 is 9.59 Å². The van der Waals surface area contributed by atoms with Crippen molar-refractivity contribution in [2.24, 2.45) is 0 Å². The Labute approximate surface area is 130 Å². The molecule has 0 atom stereocenters. The molecule has 2 N–H and O–H groups in total. The Bertz CT molecular complexity index is 691. The molecule has 0 unspecified atom stereocenters. The van der Waals surface area contributed by atoms with Crippen LogP contribution in [0.25, 0.3) is 0 Å². The van der Waals surface area contributed by atoms with Gasteiger partial charge in [0.25, 0.3) is 0 Å². The van der Waals surface area contributed by atoms with Gasteiger partial charge in [0.15, 0.2) is 0 Å². The van der Waals surface area contributed by atoms with E-state index in [9.17, 15) is 9.59 Å². The SMILES string of the molecule is Cc1ccc(CNC(=O)C(=O)Nc2ccc(C)cc2C)cc1. The van der Waals surface area contributed by atoms with Crippen LogP contribution in [0.5, 0.6) is 0 Å². The molecular weight excluding hydrogens is 276 g/mol. The second kappa shape index (κ2) is 6.89. The van der Waals surface area contributed by atoms with E-state index in [0.29, 0.717) is 12.2 Å². The first kappa shape index (κ1) is 15.8. The molecule has 0 saturated heterocycles. The number of benzene rings is 2. The molecule has 2 aromatic carbocycles. The lowest BCUT2D eigenvalue weighted by atomic mass is 10.1. The molecule has 22 heavy (non-hydrogen) atoms. The van der Waals surface area contributed by atoms with E-state index in [4.69, 9.17) is 0 Å². The summed E-state index contributed by atoms with van der Waals surface area (Å²) in [5.74, 6) is -1.29. The van der Waals surface area contributed by atoms with Crippen LogP contribution in [-0.2, 0) is 16.1 Å². The first-order valence-electron chi connectivity index (χ1n) is 7.17. The van der Waals surface area contributed by atoms with Crippen molar-refractivity contribution in [3.05, 3.63) is 64.7 Å². The molecule has 0 saturated carbocycles. The summed E-state index contributed by atoms with van der Waals surface area (Å²) in [7, 11) is 0. The lowest BCUT2D eigenvalue weighted by Gasteiger charge is -2.09. The van der Waals surface area contributed by atoms with Gasteiger partial charge in [-0.25, -0.2) is 0 Å². The van der Waals surface area contributed by atoms with Gasteiger partial charge in [-0.3, -0.25) is 9.59 Å². The van der Waals surface area contributed by atoms with Gasteiger partial charge in [-0.1, -0.05) is 47.5 Å². The molecule has 0 radical (unpaired) electrons. The quantitative estimate of drug-likeness (QED) is 0.856. The second-order valence-corrected chi connectivity index (χ2v) is 5.44. The summed E-state index contributed by atoms with van der Waals surface area (Å²) in [6.45, 7) is 6.21. The van der Waals surface area contributed by atoms with Gasteiger partial charge in [0.1, 0.15) is 0 Å². The van der Waals surface area contributed by atoms with Crippen molar-refractivity contribution in [3.63, 3.8) is 0 Å². The number of carbonyl (C=O) groups excluding carboxylic acids is 2. The van der Waals surface area contributed by atoms with Crippen molar-refractivity contribution >= 4 is 17.5 Å². The molecule has 0 aliphatic rings. The van der Waals surface area contributed by atoms with Crippen molar-refractivity contribution in [1.82, 2.24) is 5.32 Å². The molecule has 2 amide bonds. The Morgan fingerprint density at radius 1 is 0.864 bits per heavy atom. The summed E-state index contributed by atoms with van der Waals surface area (Å²) < 4.78 is 0. The highest BCUT2D eigenvalue weighted by Gasteiger charge is 2.14. The van der Waals surface area contributed by atoms with Crippen LogP contribution < -0.4 is 10.6 Å². The summed E-state index contributed by atoms with van der Waals surface area (Å²) in [5.41, 5.74) is 4.81. The van der Waals surface area contributed by atoms with E-state index in [1.807, 2.05) is 57.2 Å². The van der Waals surface area contributed by atoms with Crippen molar-refractivity contribution in [2.45, 2.75) is 27.3 Å².